The Labute approximate surface area is 170 Å². The summed E-state index contributed by atoms with van der Waals surface area (Å²) < 4.78 is 5.13. The van der Waals surface area contributed by atoms with E-state index < -0.39 is 0 Å². The summed E-state index contributed by atoms with van der Waals surface area (Å²) >= 11 is 1.62. The minimum absolute atomic E-state index is 0.00579. The van der Waals surface area contributed by atoms with Crippen molar-refractivity contribution in [1.29, 1.82) is 0 Å². The largest absolute Gasteiger partial charge is 0.466 e. The molecule has 28 heavy (non-hydrogen) atoms. The van der Waals surface area contributed by atoms with E-state index in [2.05, 4.69) is 30.7 Å². The van der Waals surface area contributed by atoms with E-state index in [9.17, 15) is 9.59 Å². The van der Waals surface area contributed by atoms with Crippen LogP contribution in [-0.2, 0) is 22.5 Å². The van der Waals surface area contributed by atoms with Gasteiger partial charge in [0.1, 0.15) is 10.7 Å². The molecule has 154 valence electrons. The number of esters is 1. The van der Waals surface area contributed by atoms with Gasteiger partial charge in [-0.3, -0.25) is 14.5 Å². The van der Waals surface area contributed by atoms with Gasteiger partial charge < -0.3 is 9.72 Å². The molecule has 2 aromatic heterocycles. The number of piperidine rings is 1. The molecule has 0 amide bonds. The van der Waals surface area contributed by atoms with Gasteiger partial charge >= 0.3 is 5.97 Å². The third kappa shape index (κ3) is 4.63. The van der Waals surface area contributed by atoms with Gasteiger partial charge in [0, 0.05) is 4.88 Å². The number of aromatic amines is 1. The molecule has 0 aromatic carbocycles. The number of hydrogen-bond acceptors (Lipinski definition) is 6. The van der Waals surface area contributed by atoms with Gasteiger partial charge in [-0.25, -0.2) is 4.98 Å². The SMILES string of the molecule is CCOC(=O)C1CCN(Cc2nc3sc(C)c(C[C@@H](C)CC)c3c(=O)[nH]2)CC1. The molecule has 1 saturated heterocycles. The average Bonchev–Trinajstić information content (AvgIpc) is 2.98. The van der Waals surface area contributed by atoms with Crippen molar-refractivity contribution in [1.82, 2.24) is 14.9 Å². The highest BCUT2D eigenvalue weighted by Crippen LogP contribution is 2.30. The highest BCUT2D eigenvalue weighted by atomic mass is 32.1. The predicted molar refractivity (Wildman–Crippen MR) is 113 cm³/mol. The number of H-pyrrole nitrogens is 1. The first-order valence-electron chi connectivity index (χ1n) is 10.3. The number of thiophene rings is 1. The minimum Gasteiger partial charge on any atom is -0.466 e. The van der Waals surface area contributed by atoms with Crippen LogP contribution in [0, 0.1) is 18.8 Å². The van der Waals surface area contributed by atoms with Gasteiger partial charge in [0.15, 0.2) is 0 Å². The van der Waals surface area contributed by atoms with Crippen LogP contribution in [0.1, 0.15) is 56.3 Å². The maximum Gasteiger partial charge on any atom is 0.309 e. The summed E-state index contributed by atoms with van der Waals surface area (Å²) in [6.07, 6.45) is 3.61. The maximum atomic E-state index is 12.8. The number of aromatic nitrogens is 2. The lowest BCUT2D eigenvalue weighted by atomic mass is 9.97. The first-order chi connectivity index (χ1) is 13.4. The smallest absolute Gasteiger partial charge is 0.309 e. The van der Waals surface area contributed by atoms with Crippen LogP contribution in [0.15, 0.2) is 4.79 Å². The Morgan fingerprint density at radius 3 is 2.71 bits per heavy atom. The second-order valence-electron chi connectivity index (χ2n) is 7.85. The van der Waals surface area contributed by atoms with Crippen LogP contribution in [0.2, 0.25) is 0 Å². The van der Waals surface area contributed by atoms with Crippen LogP contribution < -0.4 is 5.56 Å². The quantitative estimate of drug-likeness (QED) is 0.712. The van der Waals surface area contributed by atoms with Crippen LogP contribution in [0.25, 0.3) is 10.2 Å². The van der Waals surface area contributed by atoms with Crippen molar-refractivity contribution < 1.29 is 9.53 Å². The molecule has 0 unspecified atom stereocenters. The maximum absolute atomic E-state index is 12.8. The number of ether oxygens (including phenoxy) is 1. The number of nitrogens with zero attached hydrogens (tertiary/aromatic N) is 2. The molecule has 1 aliphatic rings. The fourth-order valence-electron chi connectivity index (χ4n) is 3.83. The van der Waals surface area contributed by atoms with Gasteiger partial charge in [-0.15, -0.1) is 11.3 Å². The highest BCUT2D eigenvalue weighted by Gasteiger charge is 2.26. The molecule has 1 aliphatic heterocycles. The Balaban J connectivity index is 1.72. The van der Waals surface area contributed by atoms with E-state index in [4.69, 9.17) is 9.72 Å². The molecule has 3 rings (SSSR count). The molecular formula is C21H31N3O3S. The third-order valence-electron chi connectivity index (χ3n) is 5.74. The van der Waals surface area contributed by atoms with Crippen LogP contribution in [0.5, 0.6) is 0 Å². The normalized spacial score (nSPS) is 17.1. The number of likely N-dealkylation sites (tertiary alicyclic amines) is 1. The lowest BCUT2D eigenvalue weighted by molar-refractivity contribution is -0.149. The van der Waals surface area contributed by atoms with Gasteiger partial charge in [0.05, 0.1) is 24.5 Å². The van der Waals surface area contributed by atoms with Gasteiger partial charge in [-0.1, -0.05) is 20.3 Å². The standard InChI is InChI=1S/C21H31N3O3S/c1-5-13(3)11-16-14(4)28-20-18(16)19(25)22-17(23-20)12-24-9-7-15(8-10-24)21(26)27-6-2/h13,15H,5-12H2,1-4H3,(H,22,23,25)/t13-/m0/s1. The van der Waals surface area contributed by atoms with E-state index >= 15 is 0 Å². The molecule has 0 saturated carbocycles. The van der Waals surface area contributed by atoms with E-state index in [1.807, 2.05) is 6.92 Å². The Bertz CT molecular complexity index is 881. The number of rotatable bonds is 7. The molecule has 7 heteroatoms. The number of aryl methyl sites for hydroxylation is 1. The van der Waals surface area contributed by atoms with Gasteiger partial charge in [-0.05, 0) is 57.7 Å². The molecule has 0 aliphatic carbocycles. The molecule has 0 bridgehead atoms. The molecule has 6 nitrogen and oxygen atoms in total. The Morgan fingerprint density at radius 1 is 1.36 bits per heavy atom. The van der Waals surface area contributed by atoms with Crippen LogP contribution in [0.4, 0.5) is 0 Å². The Hall–Kier alpha value is -1.73. The predicted octanol–water partition coefficient (Wildman–Crippen LogP) is 3.66. The van der Waals surface area contributed by atoms with Gasteiger partial charge in [-0.2, -0.15) is 0 Å². The molecule has 1 N–H and O–H groups in total. The zero-order valence-corrected chi connectivity index (χ0v) is 18.2. The number of nitrogens with one attached hydrogen (secondary N) is 1. The Morgan fingerprint density at radius 2 is 2.07 bits per heavy atom. The van der Waals surface area contributed by atoms with Crippen molar-refractivity contribution in [2.75, 3.05) is 19.7 Å². The van der Waals surface area contributed by atoms with E-state index in [1.54, 1.807) is 11.3 Å². The van der Waals surface area contributed by atoms with Gasteiger partial charge in [0.25, 0.3) is 5.56 Å². The second-order valence-corrected chi connectivity index (χ2v) is 9.05. The van der Waals surface area contributed by atoms with Crippen molar-refractivity contribution >= 4 is 27.5 Å². The topological polar surface area (TPSA) is 75.3 Å². The van der Waals surface area contributed by atoms with Crippen molar-refractivity contribution in [3.8, 4) is 0 Å². The number of hydrogen-bond donors (Lipinski definition) is 1. The van der Waals surface area contributed by atoms with Crippen molar-refractivity contribution in [2.45, 2.75) is 59.9 Å². The lowest BCUT2D eigenvalue weighted by Gasteiger charge is -2.30. The summed E-state index contributed by atoms with van der Waals surface area (Å²) in [5.74, 6) is 1.17. The fourth-order valence-corrected chi connectivity index (χ4v) is 4.90. The summed E-state index contributed by atoms with van der Waals surface area (Å²) in [6.45, 7) is 11.0. The first kappa shape index (κ1) is 21.0. The second kappa shape index (κ2) is 9.18. The van der Waals surface area contributed by atoms with E-state index in [-0.39, 0.29) is 17.4 Å². The zero-order chi connectivity index (χ0) is 20.3. The molecule has 0 spiro atoms. The van der Waals surface area contributed by atoms with Gasteiger partial charge in [0.2, 0.25) is 0 Å². The first-order valence-corrected chi connectivity index (χ1v) is 11.1. The fraction of sp³-hybridized carbons (Fsp3) is 0.667. The summed E-state index contributed by atoms with van der Waals surface area (Å²) in [5.41, 5.74) is 1.13. The summed E-state index contributed by atoms with van der Waals surface area (Å²) in [4.78, 5) is 36.7. The van der Waals surface area contributed by atoms with Crippen LogP contribution in [-0.4, -0.2) is 40.5 Å². The van der Waals surface area contributed by atoms with Crippen molar-refractivity contribution in [3.63, 3.8) is 0 Å². The van der Waals surface area contributed by atoms with Crippen molar-refractivity contribution in [2.24, 2.45) is 11.8 Å². The molecule has 3 heterocycles. The van der Waals surface area contributed by atoms with E-state index in [0.29, 0.717) is 24.9 Å². The zero-order valence-electron chi connectivity index (χ0n) is 17.3. The molecule has 0 radical (unpaired) electrons. The summed E-state index contributed by atoms with van der Waals surface area (Å²) in [6, 6.07) is 0. The monoisotopic (exact) mass is 405 g/mol. The molecular weight excluding hydrogens is 374 g/mol. The summed E-state index contributed by atoms with van der Waals surface area (Å²) in [7, 11) is 0. The van der Waals surface area contributed by atoms with E-state index in [1.165, 1.54) is 4.88 Å². The average molecular weight is 406 g/mol. The highest BCUT2D eigenvalue weighted by molar-refractivity contribution is 7.18. The van der Waals surface area contributed by atoms with Crippen molar-refractivity contribution in [3.05, 3.63) is 26.6 Å². The van der Waals surface area contributed by atoms with E-state index in [0.717, 1.165) is 54.6 Å². The number of fused-ring (bicyclic) bond motifs is 1. The Kier molecular flexibility index (Phi) is 6.88. The summed E-state index contributed by atoms with van der Waals surface area (Å²) in [5, 5.41) is 0.771. The van der Waals surface area contributed by atoms with Crippen LogP contribution in [0.3, 0.4) is 0 Å². The minimum atomic E-state index is -0.0852. The number of carbonyl (C=O) groups is 1. The van der Waals surface area contributed by atoms with Crippen LogP contribution >= 0.6 is 11.3 Å². The lowest BCUT2D eigenvalue weighted by Crippen LogP contribution is -2.37. The number of carbonyl (C=O) groups excluding carboxylic acids is 1. The molecule has 1 atom stereocenters. The molecule has 2 aromatic rings. The molecule has 1 fully saturated rings. The third-order valence-corrected chi connectivity index (χ3v) is 6.78.